The van der Waals surface area contributed by atoms with Gasteiger partial charge < -0.3 is 14.7 Å². The molecule has 25 heavy (non-hydrogen) atoms. The first-order chi connectivity index (χ1) is 12.0. The first-order valence-electron chi connectivity index (χ1n) is 8.75. The van der Waals surface area contributed by atoms with Crippen LogP contribution in [-0.2, 0) is 16.1 Å². The molecule has 3 rings (SSSR count). The molecule has 132 valence electrons. The minimum Gasteiger partial charge on any atom is -0.493 e. The average molecular weight is 339 g/mol. The van der Waals surface area contributed by atoms with Crippen LogP contribution in [-0.4, -0.2) is 36.6 Å². The minimum atomic E-state index is -0.775. The summed E-state index contributed by atoms with van der Waals surface area (Å²) in [6.07, 6.45) is 6.87. The molecule has 0 aromatic heterocycles. The fourth-order valence-electron chi connectivity index (χ4n) is 3.38. The molecule has 1 aromatic rings. The number of carboxylic acid groups (broad SMARTS) is 1. The molecule has 0 atom stereocenters. The molecule has 4 heteroatoms. The second-order valence-electron chi connectivity index (χ2n) is 6.87. The van der Waals surface area contributed by atoms with Crippen LogP contribution < -0.4 is 0 Å². The Hall–Kier alpha value is -2.33. The molecule has 1 aliphatic heterocycles. The number of benzene rings is 1. The summed E-state index contributed by atoms with van der Waals surface area (Å²) in [4.78, 5) is 13.3. The Kier molecular flexibility index (Phi) is 5.39. The van der Waals surface area contributed by atoms with Gasteiger partial charge in [-0.15, -0.1) is 0 Å². The number of hydrogen-bond acceptors (Lipinski definition) is 3. The molecule has 1 heterocycles. The number of carbonyl (C=O) groups is 1. The highest BCUT2D eigenvalue weighted by molar-refractivity contribution is 5.85. The van der Waals surface area contributed by atoms with Gasteiger partial charge in [-0.05, 0) is 43.6 Å². The first kappa shape index (κ1) is 17.5. The average Bonchev–Trinajstić information content (AvgIpc) is 2.72. The summed E-state index contributed by atoms with van der Waals surface area (Å²) in [5.41, 5.74) is 5.58. The molecular formula is C21H25NO3. The van der Waals surface area contributed by atoms with Crippen molar-refractivity contribution >= 4 is 11.5 Å². The van der Waals surface area contributed by atoms with Crippen molar-refractivity contribution in [2.24, 2.45) is 0 Å². The predicted molar refractivity (Wildman–Crippen MR) is 99.0 cm³/mol. The number of fused-ring (bicyclic) bond motifs is 1. The van der Waals surface area contributed by atoms with Crippen LogP contribution in [0.5, 0.6) is 0 Å². The molecule has 0 saturated heterocycles. The first-order valence-corrected chi connectivity index (χ1v) is 8.75. The van der Waals surface area contributed by atoms with Gasteiger partial charge in [-0.3, -0.25) is 4.79 Å². The maximum atomic E-state index is 11.1. The Morgan fingerprint density at radius 1 is 1.28 bits per heavy atom. The molecule has 0 spiro atoms. The van der Waals surface area contributed by atoms with E-state index in [2.05, 4.69) is 43.3 Å². The number of hydrogen-bond donors (Lipinski definition) is 1. The largest absolute Gasteiger partial charge is 0.493 e. The van der Waals surface area contributed by atoms with Gasteiger partial charge in [0.25, 0.3) is 0 Å². The second-order valence-corrected chi connectivity index (χ2v) is 6.87. The van der Waals surface area contributed by atoms with Gasteiger partial charge in [-0.2, -0.15) is 0 Å². The summed E-state index contributed by atoms with van der Waals surface area (Å²) >= 11 is 0. The number of rotatable bonds is 5. The van der Waals surface area contributed by atoms with E-state index in [9.17, 15) is 4.79 Å². The molecule has 1 aliphatic carbocycles. The number of carboxylic acids is 1. The third-order valence-electron chi connectivity index (χ3n) is 4.62. The highest BCUT2D eigenvalue weighted by Crippen LogP contribution is 2.39. The Balaban J connectivity index is 2.02. The fraction of sp³-hybridized carbons (Fsp3) is 0.381. The minimum absolute atomic E-state index is 0.101. The lowest BCUT2D eigenvalue weighted by molar-refractivity contribution is -0.136. The summed E-state index contributed by atoms with van der Waals surface area (Å²) in [7, 11) is 4.14. The van der Waals surface area contributed by atoms with Crippen LogP contribution in [0.25, 0.3) is 5.57 Å². The van der Waals surface area contributed by atoms with Crippen molar-refractivity contribution in [3.05, 3.63) is 64.4 Å². The van der Waals surface area contributed by atoms with Crippen LogP contribution in [0.15, 0.2) is 53.3 Å². The SMILES string of the molecule is CN(C)CC/C=C1\C2=C(CCC(CC(=O)O)=C2)OCc2ccccc21. The lowest BCUT2D eigenvalue weighted by Crippen LogP contribution is -2.12. The van der Waals surface area contributed by atoms with E-state index in [4.69, 9.17) is 9.84 Å². The molecule has 0 saturated carbocycles. The Bertz CT molecular complexity index is 756. The molecule has 4 nitrogen and oxygen atoms in total. The van der Waals surface area contributed by atoms with Crippen molar-refractivity contribution in [2.75, 3.05) is 20.6 Å². The lowest BCUT2D eigenvalue weighted by atomic mass is 9.87. The van der Waals surface area contributed by atoms with Crippen LogP contribution in [0.3, 0.4) is 0 Å². The van der Waals surface area contributed by atoms with E-state index in [1.54, 1.807) is 0 Å². The Morgan fingerprint density at radius 2 is 2.08 bits per heavy atom. The summed E-state index contributed by atoms with van der Waals surface area (Å²) in [5.74, 6) is 0.213. The summed E-state index contributed by atoms with van der Waals surface area (Å²) < 4.78 is 6.08. The zero-order chi connectivity index (χ0) is 17.8. The summed E-state index contributed by atoms with van der Waals surface area (Å²) in [6.45, 7) is 1.54. The van der Waals surface area contributed by atoms with Crippen molar-refractivity contribution < 1.29 is 14.6 Å². The van der Waals surface area contributed by atoms with E-state index in [0.717, 1.165) is 42.7 Å². The van der Waals surface area contributed by atoms with Crippen LogP contribution in [0.1, 0.15) is 36.8 Å². The molecular weight excluding hydrogens is 314 g/mol. The number of ether oxygens (including phenoxy) is 1. The van der Waals surface area contributed by atoms with E-state index < -0.39 is 5.97 Å². The van der Waals surface area contributed by atoms with Gasteiger partial charge in [-0.1, -0.05) is 42.0 Å². The van der Waals surface area contributed by atoms with Crippen LogP contribution >= 0.6 is 0 Å². The lowest BCUT2D eigenvalue weighted by Gasteiger charge is -2.20. The van der Waals surface area contributed by atoms with Crippen molar-refractivity contribution in [2.45, 2.75) is 32.3 Å². The molecule has 0 bridgehead atoms. The molecule has 0 fully saturated rings. The van der Waals surface area contributed by atoms with Gasteiger partial charge in [0.2, 0.25) is 0 Å². The van der Waals surface area contributed by atoms with Crippen LogP contribution in [0, 0.1) is 0 Å². The standard InChI is InChI=1S/C21H25NO3/c1-22(2)11-5-8-18-17-7-4-3-6-16(17)14-25-20-10-9-15(12-19(18)20)13-21(23)24/h3-4,6-8,12H,5,9-11,13-14H2,1-2H3,(H,23,24)/b18-8-. The monoisotopic (exact) mass is 339 g/mol. The highest BCUT2D eigenvalue weighted by Gasteiger charge is 2.24. The Labute approximate surface area is 149 Å². The van der Waals surface area contributed by atoms with E-state index in [0.29, 0.717) is 6.61 Å². The highest BCUT2D eigenvalue weighted by atomic mass is 16.5. The van der Waals surface area contributed by atoms with Crippen molar-refractivity contribution in [3.63, 3.8) is 0 Å². The van der Waals surface area contributed by atoms with E-state index >= 15 is 0 Å². The number of allylic oxidation sites excluding steroid dienone is 4. The number of nitrogens with zero attached hydrogens (tertiary/aromatic N) is 1. The van der Waals surface area contributed by atoms with Crippen molar-refractivity contribution in [3.8, 4) is 0 Å². The molecule has 2 aliphatic rings. The summed E-state index contributed by atoms with van der Waals surface area (Å²) in [6, 6.07) is 8.33. The third kappa shape index (κ3) is 4.20. The maximum absolute atomic E-state index is 11.1. The van der Waals surface area contributed by atoms with Crippen LogP contribution in [0.4, 0.5) is 0 Å². The third-order valence-corrected chi connectivity index (χ3v) is 4.62. The van der Waals surface area contributed by atoms with E-state index in [1.807, 2.05) is 12.1 Å². The zero-order valence-electron chi connectivity index (χ0n) is 14.9. The van der Waals surface area contributed by atoms with E-state index in [-0.39, 0.29) is 6.42 Å². The molecule has 1 N–H and O–H groups in total. The molecule has 1 aromatic carbocycles. The van der Waals surface area contributed by atoms with Gasteiger partial charge in [0, 0.05) is 18.5 Å². The van der Waals surface area contributed by atoms with Gasteiger partial charge in [0.15, 0.2) is 0 Å². The Morgan fingerprint density at radius 3 is 2.84 bits per heavy atom. The van der Waals surface area contributed by atoms with Gasteiger partial charge >= 0.3 is 5.97 Å². The number of aliphatic carboxylic acids is 1. The van der Waals surface area contributed by atoms with E-state index in [1.165, 1.54) is 16.7 Å². The van der Waals surface area contributed by atoms with Crippen molar-refractivity contribution in [1.82, 2.24) is 4.90 Å². The predicted octanol–water partition coefficient (Wildman–Crippen LogP) is 4.00. The quantitative estimate of drug-likeness (QED) is 0.881. The summed E-state index contributed by atoms with van der Waals surface area (Å²) in [5, 5.41) is 9.14. The zero-order valence-corrected chi connectivity index (χ0v) is 14.9. The topological polar surface area (TPSA) is 49.8 Å². The van der Waals surface area contributed by atoms with Crippen molar-refractivity contribution in [1.29, 1.82) is 0 Å². The molecule has 0 unspecified atom stereocenters. The van der Waals surface area contributed by atoms with Gasteiger partial charge in [0.05, 0.1) is 6.42 Å². The molecule has 0 radical (unpaired) electrons. The van der Waals surface area contributed by atoms with Crippen LogP contribution in [0.2, 0.25) is 0 Å². The van der Waals surface area contributed by atoms with Gasteiger partial charge in [0.1, 0.15) is 12.4 Å². The smallest absolute Gasteiger partial charge is 0.307 e. The maximum Gasteiger partial charge on any atom is 0.307 e. The fourth-order valence-corrected chi connectivity index (χ4v) is 3.38. The van der Waals surface area contributed by atoms with Gasteiger partial charge in [-0.25, -0.2) is 0 Å². The molecule has 0 amide bonds. The second kappa shape index (κ2) is 7.70. The normalized spacial score (nSPS) is 18.4.